The second-order valence-corrected chi connectivity index (χ2v) is 7.68. The van der Waals surface area contributed by atoms with Crippen LogP contribution in [-0.4, -0.2) is 23.2 Å². The molecule has 0 aliphatic rings. The van der Waals surface area contributed by atoms with Crippen LogP contribution in [0.15, 0.2) is 33.6 Å². The minimum Gasteiger partial charge on any atom is -0.421 e. The Balaban J connectivity index is 2.05. The molecule has 1 aromatic carbocycles. The molecule has 7 nitrogen and oxygen atoms in total. The third-order valence-corrected chi connectivity index (χ3v) is 5.90. The second kappa shape index (κ2) is 6.65. The summed E-state index contributed by atoms with van der Waals surface area (Å²) in [6.45, 7) is 4.94. The van der Waals surface area contributed by atoms with Crippen LogP contribution in [0.25, 0.3) is 11.5 Å². The van der Waals surface area contributed by atoms with E-state index in [0.29, 0.717) is 22.8 Å². The topological polar surface area (TPSA) is 90.0 Å². The Bertz CT molecular complexity index is 1070. The van der Waals surface area contributed by atoms with Gasteiger partial charge in [-0.2, -0.15) is 0 Å². The average molecular weight is 378 g/mol. The molecule has 3 aromatic rings. The number of nitrogens with zero attached hydrogens (tertiary/aromatic N) is 3. The van der Waals surface area contributed by atoms with Gasteiger partial charge in [0.1, 0.15) is 10.7 Å². The lowest BCUT2D eigenvalue weighted by atomic mass is 10.2. The number of rotatable bonds is 5. The van der Waals surface area contributed by atoms with E-state index in [2.05, 4.69) is 14.9 Å². The number of benzene rings is 1. The largest absolute Gasteiger partial charge is 0.421 e. The summed E-state index contributed by atoms with van der Waals surface area (Å²) < 4.78 is 49.4. The summed E-state index contributed by atoms with van der Waals surface area (Å²) in [6, 6.07) is 6.02. The van der Waals surface area contributed by atoms with E-state index in [0.717, 1.165) is 0 Å². The minimum absolute atomic E-state index is 0.0532. The zero-order valence-electron chi connectivity index (χ0n) is 14.9. The van der Waals surface area contributed by atoms with Crippen molar-refractivity contribution in [2.24, 2.45) is 7.05 Å². The van der Waals surface area contributed by atoms with Crippen molar-refractivity contribution in [1.82, 2.24) is 19.5 Å². The molecule has 0 atom stereocenters. The van der Waals surface area contributed by atoms with Gasteiger partial charge in [-0.3, -0.25) is 0 Å². The summed E-state index contributed by atoms with van der Waals surface area (Å²) in [5.74, 6) is 0.00227. The highest BCUT2D eigenvalue weighted by molar-refractivity contribution is 7.89. The molecule has 0 saturated heterocycles. The molecule has 2 aromatic heterocycles. The average Bonchev–Trinajstić information content (AvgIpc) is 3.11. The Labute approximate surface area is 150 Å². The van der Waals surface area contributed by atoms with Crippen LogP contribution in [0.2, 0.25) is 0 Å². The molecule has 0 fully saturated rings. The lowest BCUT2D eigenvalue weighted by Crippen LogP contribution is -2.24. The fourth-order valence-electron chi connectivity index (χ4n) is 2.78. The molecular formula is C17H19FN4O3S. The standard InChI is InChI=1S/C17H19FN4O3S/c1-10-15(17-21-20-12(3)25-17)16(11(2)22(10)4)26(23,24)19-9-13-7-5-6-8-14(13)18/h5-8,19H,9H2,1-4H3. The zero-order chi connectivity index (χ0) is 19.1. The molecule has 0 spiro atoms. The van der Waals surface area contributed by atoms with Crippen molar-refractivity contribution in [3.63, 3.8) is 0 Å². The lowest BCUT2D eigenvalue weighted by molar-refractivity contribution is 0.530. The Morgan fingerprint density at radius 3 is 2.46 bits per heavy atom. The van der Waals surface area contributed by atoms with Crippen LogP contribution >= 0.6 is 0 Å². The van der Waals surface area contributed by atoms with Gasteiger partial charge in [-0.05, 0) is 19.9 Å². The van der Waals surface area contributed by atoms with Crippen LogP contribution < -0.4 is 4.72 Å². The Kier molecular flexibility index (Phi) is 4.68. The monoisotopic (exact) mass is 378 g/mol. The predicted octanol–water partition coefficient (Wildman–Crippen LogP) is 2.62. The van der Waals surface area contributed by atoms with E-state index in [1.54, 1.807) is 44.5 Å². The molecule has 0 aliphatic carbocycles. The van der Waals surface area contributed by atoms with E-state index in [9.17, 15) is 12.8 Å². The molecule has 2 heterocycles. The van der Waals surface area contributed by atoms with Gasteiger partial charge in [0.25, 0.3) is 5.89 Å². The normalized spacial score (nSPS) is 11.9. The number of nitrogens with one attached hydrogen (secondary N) is 1. The number of aryl methyl sites for hydroxylation is 1. The Morgan fingerprint density at radius 1 is 1.15 bits per heavy atom. The summed E-state index contributed by atoms with van der Waals surface area (Å²) in [7, 11) is -2.19. The van der Waals surface area contributed by atoms with Crippen LogP contribution in [0.4, 0.5) is 4.39 Å². The summed E-state index contributed by atoms with van der Waals surface area (Å²) >= 11 is 0. The van der Waals surface area contributed by atoms with Crippen LogP contribution in [0.1, 0.15) is 22.8 Å². The van der Waals surface area contributed by atoms with Crippen LogP contribution in [0.3, 0.4) is 0 Å². The molecule has 9 heteroatoms. The smallest absolute Gasteiger partial charge is 0.250 e. The first-order chi connectivity index (χ1) is 12.2. The van der Waals surface area contributed by atoms with Gasteiger partial charge in [-0.15, -0.1) is 10.2 Å². The van der Waals surface area contributed by atoms with Crippen molar-refractivity contribution >= 4 is 10.0 Å². The van der Waals surface area contributed by atoms with Crippen LogP contribution in [0.5, 0.6) is 0 Å². The molecule has 0 radical (unpaired) electrons. The molecule has 0 aliphatic heterocycles. The lowest BCUT2D eigenvalue weighted by Gasteiger charge is -2.09. The highest BCUT2D eigenvalue weighted by Crippen LogP contribution is 2.34. The maximum absolute atomic E-state index is 13.8. The first-order valence-electron chi connectivity index (χ1n) is 7.91. The van der Waals surface area contributed by atoms with Gasteiger partial charge < -0.3 is 8.98 Å². The van der Waals surface area contributed by atoms with Crippen molar-refractivity contribution in [2.45, 2.75) is 32.2 Å². The first-order valence-corrected chi connectivity index (χ1v) is 9.40. The molecule has 0 bridgehead atoms. The van der Waals surface area contributed by atoms with Gasteiger partial charge in [0.05, 0.1) is 5.56 Å². The molecule has 0 saturated carbocycles. The van der Waals surface area contributed by atoms with Gasteiger partial charge in [-0.25, -0.2) is 17.5 Å². The molecule has 138 valence electrons. The van der Waals surface area contributed by atoms with E-state index >= 15 is 0 Å². The fourth-order valence-corrected chi connectivity index (χ4v) is 4.30. The van der Waals surface area contributed by atoms with Gasteiger partial charge in [-0.1, -0.05) is 18.2 Å². The van der Waals surface area contributed by atoms with Crippen LogP contribution in [0, 0.1) is 26.6 Å². The SMILES string of the molecule is Cc1nnc(-c2c(S(=O)(=O)NCc3ccccc3F)c(C)n(C)c2C)o1. The van der Waals surface area contributed by atoms with Crippen LogP contribution in [-0.2, 0) is 23.6 Å². The highest BCUT2D eigenvalue weighted by atomic mass is 32.2. The number of hydrogen-bond acceptors (Lipinski definition) is 5. The minimum atomic E-state index is -3.94. The molecule has 0 unspecified atom stereocenters. The van der Waals surface area contributed by atoms with Crippen molar-refractivity contribution in [3.8, 4) is 11.5 Å². The number of halogens is 1. The summed E-state index contributed by atoms with van der Waals surface area (Å²) in [5.41, 5.74) is 1.81. The molecule has 3 rings (SSSR count). The third-order valence-electron chi connectivity index (χ3n) is 4.34. The molecule has 1 N–H and O–H groups in total. The Morgan fingerprint density at radius 2 is 1.85 bits per heavy atom. The van der Waals surface area contributed by atoms with E-state index in [1.165, 1.54) is 12.1 Å². The van der Waals surface area contributed by atoms with Gasteiger partial charge in [0.15, 0.2) is 0 Å². The fraction of sp³-hybridized carbons (Fsp3) is 0.294. The number of hydrogen-bond donors (Lipinski definition) is 1. The number of aromatic nitrogens is 3. The summed E-state index contributed by atoms with van der Waals surface area (Å²) in [4.78, 5) is 0.0532. The van der Waals surface area contributed by atoms with Gasteiger partial charge >= 0.3 is 0 Å². The van der Waals surface area contributed by atoms with E-state index in [-0.39, 0.29) is 22.9 Å². The second-order valence-electron chi connectivity index (χ2n) is 5.98. The van der Waals surface area contributed by atoms with Crippen molar-refractivity contribution < 1.29 is 17.2 Å². The zero-order valence-corrected chi connectivity index (χ0v) is 15.7. The van der Waals surface area contributed by atoms with Gasteiger partial charge in [0, 0.05) is 37.5 Å². The number of sulfonamides is 1. The van der Waals surface area contributed by atoms with E-state index < -0.39 is 15.8 Å². The maximum atomic E-state index is 13.8. The Hall–Kier alpha value is -2.52. The quantitative estimate of drug-likeness (QED) is 0.737. The van der Waals surface area contributed by atoms with E-state index in [1.807, 2.05) is 0 Å². The third kappa shape index (κ3) is 3.15. The molecular weight excluding hydrogens is 359 g/mol. The van der Waals surface area contributed by atoms with Gasteiger partial charge in [0.2, 0.25) is 15.9 Å². The molecule has 0 amide bonds. The first kappa shape index (κ1) is 18.3. The van der Waals surface area contributed by atoms with E-state index in [4.69, 9.17) is 4.42 Å². The van der Waals surface area contributed by atoms with Crippen molar-refractivity contribution in [2.75, 3.05) is 0 Å². The molecule has 26 heavy (non-hydrogen) atoms. The summed E-state index contributed by atoms with van der Waals surface area (Å²) in [5, 5.41) is 7.74. The predicted molar refractivity (Wildman–Crippen MR) is 93.3 cm³/mol. The summed E-state index contributed by atoms with van der Waals surface area (Å²) in [6.07, 6.45) is 0. The maximum Gasteiger partial charge on any atom is 0.250 e. The van der Waals surface area contributed by atoms with Crippen molar-refractivity contribution in [1.29, 1.82) is 0 Å². The van der Waals surface area contributed by atoms with Crippen molar-refractivity contribution in [3.05, 3.63) is 52.9 Å². The highest BCUT2D eigenvalue weighted by Gasteiger charge is 2.30.